The van der Waals surface area contributed by atoms with Gasteiger partial charge in [-0.25, -0.2) is 0 Å². The maximum absolute atomic E-state index is 2.39. The van der Waals surface area contributed by atoms with Crippen molar-refractivity contribution in [1.82, 2.24) is 0 Å². The van der Waals surface area contributed by atoms with Gasteiger partial charge in [-0.1, -0.05) is 172 Å². The summed E-state index contributed by atoms with van der Waals surface area (Å²) in [5.41, 5.74) is 21.1. The monoisotopic (exact) mass is 618 g/mol. The Bertz CT molecular complexity index is 1920. The molecule has 0 atom stereocenters. The van der Waals surface area contributed by atoms with Crippen LogP contribution in [0.15, 0.2) is 146 Å². The van der Waals surface area contributed by atoms with Crippen LogP contribution < -0.4 is 0 Å². The topological polar surface area (TPSA) is 0 Å². The summed E-state index contributed by atoms with van der Waals surface area (Å²) >= 11 is 0. The maximum atomic E-state index is 2.39. The molecule has 0 radical (unpaired) electrons. The Kier molecular flexibility index (Phi) is 8.25. The predicted molar refractivity (Wildman–Crippen MR) is 206 cm³/mol. The van der Waals surface area contributed by atoms with Crippen molar-refractivity contribution >= 4 is 22.3 Å². The van der Waals surface area contributed by atoms with Crippen LogP contribution in [0.2, 0.25) is 0 Å². The van der Waals surface area contributed by atoms with E-state index in [2.05, 4.69) is 159 Å². The molecule has 8 rings (SSSR count). The highest BCUT2D eigenvalue weighted by atomic mass is 14.3. The maximum Gasteiger partial charge on any atom is -0.00139 e. The van der Waals surface area contributed by atoms with Gasteiger partial charge in [-0.2, -0.15) is 0 Å². The van der Waals surface area contributed by atoms with Gasteiger partial charge >= 0.3 is 0 Å². The molecule has 0 spiro atoms. The SMILES string of the molecule is CCCCc1ccc(C(C(=C2c3ccccc3-c3ccccc32)c2ccc(CCCC)cc2)=C2c3ccccc3-c3ccccc32)cc1. The average molecular weight is 619 g/mol. The number of hydrogen-bond acceptors (Lipinski definition) is 0. The Balaban J connectivity index is 1.51. The van der Waals surface area contributed by atoms with E-state index in [1.807, 2.05) is 0 Å². The van der Waals surface area contributed by atoms with Gasteiger partial charge in [-0.05, 0) is 115 Å². The first-order valence-corrected chi connectivity index (χ1v) is 17.8. The first kappa shape index (κ1) is 30.2. The van der Waals surface area contributed by atoms with Gasteiger partial charge < -0.3 is 0 Å². The van der Waals surface area contributed by atoms with Crippen LogP contribution in [0.1, 0.15) is 84.0 Å². The third-order valence-corrected chi connectivity index (χ3v) is 10.2. The van der Waals surface area contributed by atoms with Crippen molar-refractivity contribution in [3.8, 4) is 22.3 Å². The lowest BCUT2D eigenvalue weighted by Crippen LogP contribution is -2.01. The van der Waals surface area contributed by atoms with E-state index in [4.69, 9.17) is 0 Å². The van der Waals surface area contributed by atoms with Crippen LogP contribution in [0.5, 0.6) is 0 Å². The smallest absolute Gasteiger partial charge is 0.00139 e. The van der Waals surface area contributed by atoms with E-state index in [0.717, 1.165) is 12.8 Å². The molecule has 2 aliphatic carbocycles. The number of aryl methyl sites for hydroxylation is 2. The van der Waals surface area contributed by atoms with Crippen LogP contribution in [-0.4, -0.2) is 0 Å². The van der Waals surface area contributed by atoms with E-state index >= 15 is 0 Å². The van der Waals surface area contributed by atoms with Crippen LogP contribution in [0, 0.1) is 0 Å². The van der Waals surface area contributed by atoms with Gasteiger partial charge in [0.25, 0.3) is 0 Å². The number of allylic oxidation sites excluding steroid dienone is 2. The van der Waals surface area contributed by atoms with Crippen LogP contribution in [0.4, 0.5) is 0 Å². The summed E-state index contributed by atoms with van der Waals surface area (Å²) in [6.07, 6.45) is 7.05. The summed E-state index contributed by atoms with van der Waals surface area (Å²) in [5, 5.41) is 0. The molecule has 0 N–H and O–H groups in total. The van der Waals surface area contributed by atoms with Crippen molar-refractivity contribution in [2.75, 3.05) is 0 Å². The first-order chi connectivity index (χ1) is 23.8. The van der Waals surface area contributed by atoms with Gasteiger partial charge in [0.15, 0.2) is 0 Å². The van der Waals surface area contributed by atoms with Gasteiger partial charge in [0.1, 0.15) is 0 Å². The van der Waals surface area contributed by atoms with E-state index < -0.39 is 0 Å². The van der Waals surface area contributed by atoms with Crippen molar-refractivity contribution in [3.05, 3.63) is 190 Å². The molecule has 0 saturated heterocycles. The molecule has 0 aromatic heterocycles. The highest BCUT2D eigenvalue weighted by molar-refractivity contribution is 6.30. The average Bonchev–Trinajstić information content (AvgIpc) is 3.66. The fourth-order valence-electron chi connectivity index (χ4n) is 7.84. The molecule has 0 unspecified atom stereocenters. The van der Waals surface area contributed by atoms with Gasteiger partial charge in [-0.15, -0.1) is 0 Å². The fraction of sp³-hybridized carbons (Fsp3) is 0.167. The van der Waals surface area contributed by atoms with E-state index in [1.165, 1.54) is 115 Å². The first-order valence-electron chi connectivity index (χ1n) is 17.8. The summed E-state index contributed by atoms with van der Waals surface area (Å²) in [5.74, 6) is 0. The summed E-state index contributed by atoms with van der Waals surface area (Å²) in [6.45, 7) is 4.55. The van der Waals surface area contributed by atoms with Crippen LogP contribution in [0.25, 0.3) is 44.5 Å². The number of rotatable bonds is 9. The molecule has 0 nitrogen and oxygen atoms in total. The molecule has 0 bridgehead atoms. The zero-order valence-electron chi connectivity index (χ0n) is 28.1. The van der Waals surface area contributed by atoms with Gasteiger partial charge in [0, 0.05) is 0 Å². The van der Waals surface area contributed by atoms with Crippen molar-refractivity contribution in [3.63, 3.8) is 0 Å². The summed E-state index contributed by atoms with van der Waals surface area (Å²) in [4.78, 5) is 0. The van der Waals surface area contributed by atoms with Crippen molar-refractivity contribution in [1.29, 1.82) is 0 Å². The van der Waals surface area contributed by atoms with Crippen LogP contribution >= 0.6 is 0 Å². The Morgan fingerprint density at radius 2 is 0.604 bits per heavy atom. The molecule has 234 valence electrons. The zero-order chi connectivity index (χ0) is 32.5. The second-order valence-corrected chi connectivity index (χ2v) is 13.3. The third kappa shape index (κ3) is 5.26. The van der Waals surface area contributed by atoms with E-state index in [1.54, 1.807) is 0 Å². The Morgan fingerprint density at radius 3 is 0.875 bits per heavy atom. The summed E-state index contributed by atoms with van der Waals surface area (Å²) < 4.78 is 0. The third-order valence-electron chi connectivity index (χ3n) is 10.2. The highest BCUT2D eigenvalue weighted by Crippen LogP contribution is 2.55. The quantitative estimate of drug-likeness (QED) is 0.151. The lowest BCUT2D eigenvalue weighted by molar-refractivity contribution is 0.795. The molecule has 0 heteroatoms. The lowest BCUT2D eigenvalue weighted by Gasteiger charge is -2.22. The predicted octanol–water partition coefficient (Wildman–Crippen LogP) is 13.0. The normalized spacial score (nSPS) is 12.4. The Morgan fingerprint density at radius 1 is 0.333 bits per heavy atom. The van der Waals surface area contributed by atoms with E-state index in [0.29, 0.717) is 0 Å². The van der Waals surface area contributed by atoms with Gasteiger partial charge in [-0.3, -0.25) is 0 Å². The molecule has 0 amide bonds. The van der Waals surface area contributed by atoms with Crippen LogP contribution in [0.3, 0.4) is 0 Å². The minimum absolute atomic E-state index is 1.11. The molecule has 0 fully saturated rings. The molecular weight excluding hydrogens is 577 g/mol. The van der Waals surface area contributed by atoms with Crippen molar-refractivity contribution in [2.24, 2.45) is 0 Å². The van der Waals surface area contributed by atoms with Gasteiger partial charge in [0.2, 0.25) is 0 Å². The minimum atomic E-state index is 1.11. The summed E-state index contributed by atoms with van der Waals surface area (Å²) in [7, 11) is 0. The molecule has 0 heterocycles. The van der Waals surface area contributed by atoms with Gasteiger partial charge in [0.05, 0.1) is 0 Å². The lowest BCUT2D eigenvalue weighted by atomic mass is 9.80. The number of benzene rings is 6. The molecule has 6 aromatic rings. The second kappa shape index (κ2) is 13.1. The van der Waals surface area contributed by atoms with E-state index in [-0.39, 0.29) is 0 Å². The highest BCUT2D eigenvalue weighted by Gasteiger charge is 2.32. The van der Waals surface area contributed by atoms with E-state index in [9.17, 15) is 0 Å². The fourth-order valence-corrected chi connectivity index (χ4v) is 7.84. The largest absolute Gasteiger partial charge is 0.0654 e. The standard InChI is InChI=1S/C48H42/c1-3-5-15-33-25-29-35(30-26-33)45(47-41-21-11-7-17-37(41)38-18-8-12-22-42(38)47)46(36-31-27-34(28-32-36)16-6-4-2)48-43-23-13-9-19-39(43)40-20-10-14-24-44(40)48/h7-14,17-32H,3-6,15-16H2,1-2H3. The number of hydrogen-bond donors (Lipinski definition) is 0. The van der Waals surface area contributed by atoms with Crippen molar-refractivity contribution < 1.29 is 0 Å². The second-order valence-electron chi connectivity index (χ2n) is 13.3. The van der Waals surface area contributed by atoms with Crippen LogP contribution in [-0.2, 0) is 12.8 Å². The number of unbranched alkanes of at least 4 members (excludes halogenated alkanes) is 2. The molecule has 48 heavy (non-hydrogen) atoms. The Hall–Kier alpha value is -5.20. The molecule has 6 aromatic carbocycles. The molecule has 2 aliphatic rings. The minimum Gasteiger partial charge on any atom is -0.0654 e. The molecule has 0 saturated carbocycles. The molecule has 0 aliphatic heterocycles. The Labute approximate surface area is 286 Å². The number of fused-ring (bicyclic) bond motifs is 6. The van der Waals surface area contributed by atoms with Crippen molar-refractivity contribution in [2.45, 2.75) is 52.4 Å². The molecular formula is C48H42. The summed E-state index contributed by atoms with van der Waals surface area (Å²) in [6, 6.07) is 55.0. The zero-order valence-corrected chi connectivity index (χ0v) is 28.1.